The summed E-state index contributed by atoms with van der Waals surface area (Å²) in [7, 11) is 0. The topological polar surface area (TPSA) is 75.4 Å². The van der Waals surface area contributed by atoms with Crippen molar-refractivity contribution in [1.82, 2.24) is 10.2 Å². The van der Waals surface area contributed by atoms with Gasteiger partial charge >= 0.3 is 0 Å². The maximum Gasteiger partial charge on any atom is 0.225 e. The lowest BCUT2D eigenvalue weighted by Gasteiger charge is -2.23. The number of rotatable bonds is 4. The van der Waals surface area contributed by atoms with E-state index in [2.05, 4.69) is 5.32 Å². The van der Waals surface area contributed by atoms with Crippen LogP contribution in [0.25, 0.3) is 0 Å². The van der Waals surface area contributed by atoms with Gasteiger partial charge in [0.1, 0.15) is 0 Å². The van der Waals surface area contributed by atoms with Crippen LogP contribution in [0.3, 0.4) is 0 Å². The molecule has 0 spiro atoms. The third-order valence-corrected chi connectivity index (χ3v) is 3.74. The van der Waals surface area contributed by atoms with E-state index in [0.29, 0.717) is 32.1 Å². The molecule has 1 unspecified atom stereocenters. The zero-order chi connectivity index (χ0) is 12.3. The van der Waals surface area contributed by atoms with Crippen LogP contribution in [0.2, 0.25) is 0 Å². The van der Waals surface area contributed by atoms with E-state index in [1.165, 1.54) is 12.8 Å². The summed E-state index contributed by atoms with van der Waals surface area (Å²) in [6.45, 7) is 1.53. The molecule has 0 bridgehead atoms. The number of nitrogens with two attached hydrogens (primary N) is 1. The second-order valence-electron chi connectivity index (χ2n) is 4.97. The maximum absolute atomic E-state index is 11.9. The van der Waals surface area contributed by atoms with Crippen LogP contribution in [0.5, 0.6) is 0 Å². The first-order valence-electron chi connectivity index (χ1n) is 6.49. The van der Waals surface area contributed by atoms with Crippen molar-refractivity contribution in [3.05, 3.63) is 0 Å². The lowest BCUT2D eigenvalue weighted by atomic mass is 10.1. The monoisotopic (exact) mass is 275 g/mol. The summed E-state index contributed by atoms with van der Waals surface area (Å²) in [5.74, 6) is -0.0521. The first-order valence-corrected chi connectivity index (χ1v) is 6.49. The minimum atomic E-state index is -0.172. The average molecular weight is 276 g/mol. The zero-order valence-electron chi connectivity index (χ0n) is 10.6. The van der Waals surface area contributed by atoms with Gasteiger partial charge in [-0.2, -0.15) is 0 Å². The molecule has 0 aromatic rings. The van der Waals surface area contributed by atoms with E-state index in [9.17, 15) is 9.59 Å². The predicted octanol–water partition coefficient (Wildman–Crippen LogP) is 0.274. The fourth-order valence-corrected chi connectivity index (χ4v) is 2.82. The molecule has 2 amide bonds. The Bertz CT molecular complexity index is 306. The van der Waals surface area contributed by atoms with Gasteiger partial charge in [0.05, 0.1) is 5.92 Å². The molecule has 1 atom stereocenters. The lowest BCUT2D eigenvalue weighted by molar-refractivity contribution is -0.130. The highest BCUT2D eigenvalue weighted by atomic mass is 35.5. The van der Waals surface area contributed by atoms with Gasteiger partial charge in [0.25, 0.3) is 0 Å². The Morgan fingerprint density at radius 1 is 1.39 bits per heavy atom. The normalized spacial score (nSPS) is 24.2. The number of amides is 2. The van der Waals surface area contributed by atoms with Crippen molar-refractivity contribution in [3.8, 4) is 0 Å². The molecule has 3 N–H and O–H groups in total. The van der Waals surface area contributed by atoms with E-state index >= 15 is 0 Å². The summed E-state index contributed by atoms with van der Waals surface area (Å²) in [5, 5.41) is 2.76. The number of carbonyl (C=O) groups is 2. The third kappa shape index (κ3) is 3.36. The first kappa shape index (κ1) is 15.2. The van der Waals surface area contributed by atoms with Crippen molar-refractivity contribution >= 4 is 24.2 Å². The minimum absolute atomic E-state index is 0. The Morgan fingerprint density at radius 2 is 2.06 bits per heavy atom. The molecule has 2 rings (SSSR count). The molecule has 1 heterocycles. The van der Waals surface area contributed by atoms with Gasteiger partial charge in [-0.3, -0.25) is 9.59 Å². The van der Waals surface area contributed by atoms with Crippen LogP contribution in [0, 0.1) is 5.92 Å². The van der Waals surface area contributed by atoms with Crippen molar-refractivity contribution in [2.24, 2.45) is 11.7 Å². The molecule has 6 heteroatoms. The highest BCUT2D eigenvalue weighted by Crippen LogP contribution is 2.29. The van der Waals surface area contributed by atoms with Crippen LogP contribution in [0.15, 0.2) is 0 Å². The lowest BCUT2D eigenvalue weighted by Crippen LogP contribution is -2.38. The van der Waals surface area contributed by atoms with Gasteiger partial charge in [0.2, 0.25) is 11.8 Å². The summed E-state index contributed by atoms with van der Waals surface area (Å²) < 4.78 is 0. The number of nitrogens with zero attached hydrogens (tertiary/aromatic N) is 1. The summed E-state index contributed by atoms with van der Waals surface area (Å²) in [6.07, 6.45) is 4.98. The number of hydrogen-bond acceptors (Lipinski definition) is 3. The fourth-order valence-electron chi connectivity index (χ4n) is 2.82. The molecule has 1 saturated carbocycles. The van der Waals surface area contributed by atoms with Crippen LogP contribution in [0.1, 0.15) is 32.1 Å². The van der Waals surface area contributed by atoms with Gasteiger partial charge in [-0.15, -0.1) is 12.4 Å². The zero-order valence-corrected chi connectivity index (χ0v) is 11.4. The number of carbonyl (C=O) groups excluding carboxylic acids is 2. The molecule has 104 valence electrons. The largest absolute Gasteiger partial charge is 0.355 e. The standard InChI is InChI=1S/C12H21N3O2.ClH/c13-5-6-14-12(17)9-7-11(16)15(8-9)10-3-1-2-4-10;/h9-10H,1-8,13H2,(H,14,17);1H. The molecule has 0 radical (unpaired) electrons. The van der Waals surface area contributed by atoms with E-state index < -0.39 is 0 Å². The van der Waals surface area contributed by atoms with Gasteiger partial charge in [-0.25, -0.2) is 0 Å². The molecule has 0 aromatic carbocycles. The Kier molecular flexibility index (Phi) is 5.88. The van der Waals surface area contributed by atoms with Crippen molar-refractivity contribution in [1.29, 1.82) is 0 Å². The van der Waals surface area contributed by atoms with Crippen LogP contribution < -0.4 is 11.1 Å². The Hall–Kier alpha value is -0.810. The van der Waals surface area contributed by atoms with Crippen LogP contribution in [0.4, 0.5) is 0 Å². The Balaban J connectivity index is 0.00000162. The highest BCUT2D eigenvalue weighted by Gasteiger charge is 2.38. The van der Waals surface area contributed by atoms with E-state index in [-0.39, 0.29) is 30.1 Å². The third-order valence-electron chi connectivity index (χ3n) is 3.74. The summed E-state index contributed by atoms with van der Waals surface area (Å²) >= 11 is 0. The molecule has 1 saturated heterocycles. The SMILES string of the molecule is Cl.NCCNC(=O)C1CC(=O)N(C2CCCC2)C1. The second-order valence-corrected chi connectivity index (χ2v) is 4.97. The Morgan fingerprint density at radius 3 is 2.67 bits per heavy atom. The van der Waals surface area contributed by atoms with Gasteiger partial charge in [-0.1, -0.05) is 12.8 Å². The summed E-state index contributed by atoms with van der Waals surface area (Å²) in [6, 6.07) is 0.384. The number of likely N-dealkylation sites (tertiary alicyclic amines) is 1. The fraction of sp³-hybridized carbons (Fsp3) is 0.833. The summed E-state index contributed by atoms with van der Waals surface area (Å²) in [5.41, 5.74) is 5.34. The van der Waals surface area contributed by atoms with Crippen molar-refractivity contribution in [3.63, 3.8) is 0 Å². The first-order chi connectivity index (χ1) is 8.22. The number of halogens is 1. The van der Waals surface area contributed by atoms with E-state index in [1.54, 1.807) is 0 Å². The molecule has 2 aliphatic rings. The molecule has 1 aliphatic carbocycles. The quantitative estimate of drug-likeness (QED) is 0.774. The maximum atomic E-state index is 11.9. The molecular weight excluding hydrogens is 254 g/mol. The molecule has 5 nitrogen and oxygen atoms in total. The second kappa shape index (κ2) is 6.95. The van der Waals surface area contributed by atoms with Crippen molar-refractivity contribution in [2.45, 2.75) is 38.1 Å². The molecule has 0 aromatic heterocycles. The van der Waals surface area contributed by atoms with Gasteiger partial charge in [-0.05, 0) is 12.8 Å². The molecular formula is C12H22ClN3O2. The smallest absolute Gasteiger partial charge is 0.225 e. The van der Waals surface area contributed by atoms with Crippen LogP contribution >= 0.6 is 12.4 Å². The van der Waals surface area contributed by atoms with Gasteiger partial charge in [0, 0.05) is 32.1 Å². The number of hydrogen-bond donors (Lipinski definition) is 2. The van der Waals surface area contributed by atoms with E-state index in [1.807, 2.05) is 4.90 Å². The van der Waals surface area contributed by atoms with Gasteiger partial charge in [0.15, 0.2) is 0 Å². The molecule has 1 aliphatic heterocycles. The number of nitrogens with one attached hydrogen (secondary N) is 1. The van der Waals surface area contributed by atoms with E-state index in [0.717, 1.165) is 12.8 Å². The predicted molar refractivity (Wildman–Crippen MR) is 71.4 cm³/mol. The minimum Gasteiger partial charge on any atom is -0.355 e. The van der Waals surface area contributed by atoms with Crippen molar-refractivity contribution in [2.75, 3.05) is 19.6 Å². The summed E-state index contributed by atoms with van der Waals surface area (Å²) in [4.78, 5) is 25.6. The molecule has 2 fully saturated rings. The van der Waals surface area contributed by atoms with Crippen LogP contribution in [-0.4, -0.2) is 42.4 Å². The van der Waals surface area contributed by atoms with Crippen molar-refractivity contribution < 1.29 is 9.59 Å². The highest BCUT2D eigenvalue weighted by molar-refractivity contribution is 5.89. The Labute approximate surface area is 114 Å². The van der Waals surface area contributed by atoms with Gasteiger partial charge < -0.3 is 16.0 Å². The van der Waals surface area contributed by atoms with Crippen LogP contribution in [-0.2, 0) is 9.59 Å². The molecule has 18 heavy (non-hydrogen) atoms. The average Bonchev–Trinajstić information content (AvgIpc) is 2.94. The van der Waals surface area contributed by atoms with E-state index in [4.69, 9.17) is 5.73 Å².